The van der Waals surface area contributed by atoms with Crippen LogP contribution in [-0.4, -0.2) is 77.4 Å². The Morgan fingerprint density at radius 1 is 0.822 bits per heavy atom. The zero-order chi connectivity index (χ0) is 33.2. The Labute approximate surface area is 271 Å². The highest BCUT2D eigenvalue weighted by atomic mass is 35.5. The third kappa shape index (κ3) is 9.90. The molecule has 0 amide bonds. The SMILES string of the molecule is CCN=C(NS(=O)(=O)c1ccc(C)c(Cl)c1)N1CC(CC)C=N1.CCN=C(NS(=O)(=O)c1ccc(N)cc1)N1CC(CC)C=N1. The second kappa shape index (κ2) is 16.0. The van der Waals surface area contributed by atoms with Gasteiger partial charge in [-0.15, -0.1) is 0 Å². The van der Waals surface area contributed by atoms with Crippen LogP contribution in [0.2, 0.25) is 5.02 Å². The average molecular weight is 680 g/mol. The molecule has 2 aliphatic heterocycles. The first-order valence-electron chi connectivity index (χ1n) is 14.7. The maximum absolute atomic E-state index is 12.6. The molecule has 0 radical (unpaired) electrons. The number of nitrogen functional groups attached to an aromatic ring is 1. The number of nitrogens with zero attached hydrogens (tertiary/aromatic N) is 6. The van der Waals surface area contributed by atoms with Gasteiger partial charge in [-0.2, -0.15) is 10.2 Å². The Kier molecular flexibility index (Phi) is 12.8. The van der Waals surface area contributed by atoms with Gasteiger partial charge in [0, 0.05) is 48.1 Å². The summed E-state index contributed by atoms with van der Waals surface area (Å²) in [6.07, 6.45) is 5.54. The fraction of sp³-hybridized carbons (Fsp3) is 0.448. The molecule has 0 aliphatic carbocycles. The zero-order valence-corrected chi connectivity index (χ0v) is 28.6. The van der Waals surface area contributed by atoms with E-state index in [1.807, 2.05) is 33.2 Å². The number of nitrogens with two attached hydrogens (primary N) is 1. The van der Waals surface area contributed by atoms with Crippen molar-refractivity contribution in [2.75, 3.05) is 31.9 Å². The van der Waals surface area contributed by atoms with Gasteiger partial charge in [0.2, 0.25) is 11.9 Å². The third-order valence-electron chi connectivity index (χ3n) is 6.90. The summed E-state index contributed by atoms with van der Waals surface area (Å²) in [6, 6.07) is 10.7. The van der Waals surface area contributed by atoms with E-state index in [0.29, 0.717) is 48.7 Å². The van der Waals surface area contributed by atoms with Crippen molar-refractivity contribution >= 4 is 61.7 Å². The highest BCUT2D eigenvalue weighted by molar-refractivity contribution is 7.90. The topological polar surface area (TPSA) is 174 Å². The van der Waals surface area contributed by atoms with Gasteiger partial charge in [-0.25, -0.2) is 36.3 Å². The predicted octanol–water partition coefficient (Wildman–Crippen LogP) is 3.88. The Morgan fingerprint density at radius 3 is 1.67 bits per heavy atom. The molecular weight excluding hydrogens is 638 g/mol. The highest BCUT2D eigenvalue weighted by Crippen LogP contribution is 2.21. The number of aryl methyl sites for hydroxylation is 1. The van der Waals surface area contributed by atoms with Crippen LogP contribution in [0.5, 0.6) is 0 Å². The summed E-state index contributed by atoms with van der Waals surface area (Å²) in [4.78, 5) is 8.69. The minimum atomic E-state index is -3.76. The van der Waals surface area contributed by atoms with E-state index >= 15 is 0 Å². The van der Waals surface area contributed by atoms with E-state index in [9.17, 15) is 16.8 Å². The molecule has 2 aliphatic rings. The number of hydrogen-bond donors (Lipinski definition) is 3. The minimum Gasteiger partial charge on any atom is -0.399 e. The lowest BCUT2D eigenvalue weighted by Gasteiger charge is -2.19. The van der Waals surface area contributed by atoms with E-state index in [1.54, 1.807) is 28.2 Å². The van der Waals surface area contributed by atoms with Gasteiger partial charge >= 0.3 is 0 Å². The summed E-state index contributed by atoms with van der Waals surface area (Å²) in [5.41, 5.74) is 6.92. The van der Waals surface area contributed by atoms with Crippen LogP contribution in [0.1, 0.15) is 46.1 Å². The first-order valence-corrected chi connectivity index (χ1v) is 18.1. The lowest BCUT2D eigenvalue weighted by molar-refractivity contribution is 0.429. The number of aliphatic imine (C=N–C) groups is 2. The lowest BCUT2D eigenvalue weighted by Crippen LogP contribution is -2.41. The number of guanidine groups is 2. The summed E-state index contributed by atoms with van der Waals surface area (Å²) in [5, 5.41) is 12.1. The van der Waals surface area contributed by atoms with Gasteiger partial charge in [0.05, 0.1) is 22.9 Å². The maximum atomic E-state index is 12.6. The first kappa shape index (κ1) is 35.8. The van der Waals surface area contributed by atoms with Crippen molar-refractivity contribution in [3.63, 3.8) is 0 Å². The van der Waals surface area contributed by atoms with Gasteiger partial charge in [-0.3, -0.25) is 9.98 Å². The van der Waals surface area contributed by atoms with Crippen molar-refractivity contribution in [1.29, 1.82) is 0 Å². The van der Waals surface area contributed by atoms with Crippen LogP contribution < -0.4 is 15.2 Å². The second-order valence-corrected chi connectivity index (χ2v) is 14.1. The van der Waals surface area contributed by atoms with Crippen molar-refractivity contribution < 1.29 is 16.8 Å². The summed E-state index contributed by atoms with van der Waals surface area (Å²) in [5.74, 6) is 1.08. The molecule has 246 valence electrons. The Bertz CT molecular complexity index is 1640. The van der Waals surface area contributed by atoms with Gasteiger partial charge in [0.25, 0.3) is 20.0 Å². The number of hydrazone groups is 2. The molecule has 0 saturated carbocycles. The van der Waals surface area contributed by atoms with E-state index in [-0.39, 0.29) is 21.7 Å². The van der Waals surface area contributed by atoms with E-state index in [0.717, 1.165) is 18.4 Å². The quantitative estimate of drug-likeness (QED) is 0.216. The maximum Gasteiger partial charge on any atom is 0.264 e. The second-order valence-electron chi connectivity index (χ2n) is 10.3. The molecule has 4 rings (SSSR count). The summed E-state index contributed by atoms with van der Waals surface area (Å²) in [7, 11) is -7.48. The smallest absolute Gasteiger partial charge is 0.264 e. The van der Waals surface area contributed by atoms with Crippen molar-refractivity contribution in [1.82, 2.24) is 19.5 Å². The first-order chi connectivity index (χ1) is 21.3. The van der Waals surface area contributed by atoms with Gasteiger partial charge in [-0.1, -0.05) is 31.5 Å². The number of benzene rings is 2. The molecule has 45 heavy (non-hydrogen) atoms. The standard InChI is InChI=1S/C15H21ClN4O2S.C14H21N5O2S/c1-4-12-9-18-20(10-12)15(17-5-2)19-23(21,22)13-7-6-11(3)14(16)8-13;1-3-11-9-17-19(10-11)14(16-4-2)18-22(20,21)13-7-5-12(15)6-8-13/h6-9,12H,4-5,10H2,1-3H3,(H,17,19);5-9,11H,3-4,10,15H2,1-2H3,(H,16,18). The molecule has 0 saturated heterocycles. The van der Waals surface area contributed by atoms with E-state index in [2.05, 4.69) is 43.5 Å². The molecule has 0 aromatic heterocycles. The van der Waals surface area contributed by atoms with Crippen molar-refractivity contribution in [2.45, 2.75) is 57.3 Å². The lowest BCUT2D eigenvalue weighted by atomic mass is 10.1. The van der Waals surface area contributed by atoms with Crippen molar-refractivity contribution in [3.05, 3.63) is 53.1 Å². The number of hydrogen-bond acceptors (Lipinski definition) is 9. The molecule has 2 heterocycles. The Hall–Kier alpha value is -3.69. The molecule has 0 spiro atoms. The van der Waals surface area contributed by atoms with Crippen LogP contribution in [-0.2, 0) is 20.0 Å². The van der Waals surface area contributed by atoms with Crippen LogP contribution in [0.15, 0.2) is 72.4 Å². The molecule has 0 fully saturated rings. The molecule has 4 N–H and O–H groups in total. The summed E-state index contributed by atoms with van der Waals surface area (Å²) in [6.45, 7) is 11.8. The average Bonchev–Trinajstić information content (AvgIpc) is 3.69. The number of sulfonamides is 2. The normalized spacial score (nSPS) is 18.6. The number of anilines is 1. The third-order valence-corrected chi connectivity index (χ3v) is 9.97. The Morgan fingerprint density at radius 2 is 1.27 bits per heavy atom. The van der Waals surface area contributed by atoms with E-state index in [4.69, 9.17) is 17.3 Å². The summed E-state index contributed by atoms with van der Waals surface area (Å²) >= 11 is 6.03. The van der Waals surface area contributed by atoms with Crippen LogP contribution in [0, 0.1) is 18.8 Å². The summed E-state index contributed by atoms with van der Waals surface area (Å²) < 4.78 is 55.0. The fourth-order valence-electron chi connectivity index (χ4n) is 4.11. The molecule has 2 atom stereocenters. The van der Waals surface area contributed by atoms with Gasteiger partial charge in [-0.05, 0) is 75.6 Å². The molecule has 16 heteroatoms. The van der Waals surface area contributed by atoms with E-state index < -0.39 is 20.0 Å². The molecule has 2 unspecified atom stereocenters. The highest BCUT2D eigenvalue weighted by Gasteiger charge is 2.26. The number of rotatable bonds is 8. The largest absolute Gasteiger partial charge is 0.399 e. The number of halogens is 1. The molecule has 13 nitrogen and oxygen atoms in total. The van der Waals surface area contributed by atoms with Crippen molar-refractivity contribution in [3.8, 4) is 0 Å². The van der Waals surface area contributed by atoms with Gasteiger partial charge in [0.15, 0.2) is 0 Å². The predicted molar refractivity (Wildman–Crippen MR) is 182 cm³/mol. The Balaban J connectivity index is 0.000000246. The van der Waals surface area contributed by atoms with Crippen molar-refractivity contribution in [2.24, 2.45) is 32.0 Å². The minimum absolute atomic E-state index is 0.104. The van der Waals surface area contributed by atoms with Crippen LogP contribution >= 0.6 is 11.6 Å². The van der Waals surface area contributed by atoms with Crippen LogP contribution in [0.25, 0.3) is 0 Å². The molecule has 2 aromatic carbocycles. The van der Waals surface area contributed by atoms with Gasteiger partial charge in [0.1, 0.15) is 0 Å². The zero-order valence-electron chi connectivity index (χ0n) is 26.2. The van der Waals surface area contributed by atoms with E-state index in [1.165, 1.54) is 24.3 Å². The van der Waals surface area contributed by atoms with Crippen LogP contribution in [0.4, 0.5) is 5.69 Å². The molecule has 2 aromatic rings. The fourth-order valence-corrected chi connectivity index (χ4v) is 6.43. The van der Waals surface area contributed by atoms with Gasteiger partial charge < -0.3 is 5.73 Å². The number of nitrogens with one attached hydrogen (secondary N) is 2. The molecular formula is C29H42ClN9O4S2. The monoisotopic (exact) mass is 679 g/mol. The van der Waals surface area contributed by atoms with Crippen LogP contribution in [0.3, 0.4) is 0 Å². The molecule has 0 bridgehead atoms.